The number of alkyl halides is 3. The summed E-state index contributed by atoms with van der Waals surface area (Å²) in [6.45, 7) is 0.0745. The predicted molar refractivity (Wildman–Crippen MR) is 81.2 cm³/mol. The number of amides is 1. The molecule has 25 heavy (non-hydrogen) atoms. The number of fused-ring (bicyclic) bond motifs is 1. The molecule has 1 aromatic carbocycles. The Hall–Kier alpha value is -3.37. The number of hydrogen-bond donors (Lipinski definition) is 3. The van der Waals surface area contributed by atoms with E-state index >= 15 is 0 Å². The minimum Gasteiger partial charge on any atom is -0.465 e. The molecule has 1 amide bonds. The first-order valence-electron chi connectivity index (χ1n) is 6.94. The van der Waals surface area contributed by atoms with Crippen LogP contribution in [0.15, 0.2) is 36.7 Å². The molecule has 0 radical (unpaired) electrons. The standard InChI is InChI=1S/C14H11F3N6O2/c15-14(16,17)9-3-1-2-8(6-9)7-19-10-11-21-22-12(20-13(24)25)23(11)5-4-18-10/h1-6H,7H2,(H,18,19)(H,20,22)(H,24,25). The van der Waals surface area contributed by atoms with Gasteiger partial charge in [0.2, 0.25) is 11.6 Å². The van der Waals surface area contributed by atoms with Crippen molar-refractivity contribution in [3.8, 4) is 0 Å². The number of halogens is 3. The molecule has 0 spiro atoms. The Balaban J connectivity index is 1.82. The van der Waals surface area contributed by atoms with Crippen LogP contribution in [0.3, 0.4) is 0 Å². The average molecular weight is 352 g/mol. The van der Waals surface area contributed by atoms with Crippen molar-refractivity contribution in [1.29, 1.82) is 0 Å². The van der Waals surface area contributed by atoms with Crippen LogP contribution in [0.25, 0.3) is 5.65 Å². The van der Waals surface area contributed by atoms with E-state index in [4.69, 9.17) is 5.11 Å². The smallest absolute Gasteiger partial charge is 0.416 e. The summed E-state index contributed by atoms with van der Waals surface area (Å²) in [4.78, 5) is 14.8. The molecule has 2 heterocycles. The molecule has 0 aliphatic heterocycles. The van der Waals surface area contributed by atoms with Gasteiger partial charge in [-0.25, -0.2) is 9.78 Å². The van der Waals surface area contributed by atoms with Crippen molar-refractivity contribution in [2.75, 3.05) is 10.6 Å². The number of aromatic nitrogens is 4. The van der Waals surface area contributed by atoms with Gasteiger partial charge in [0.1, 0.15) is 0 Å². The van der Waals surface area contributed by atoms with Gasteiger partial charge in [-0.1, -0.05) is 12.1 Å². The van der Waals surface area contributed by atoms with Gasteiger partial charge in [0.25, 0.3) is 0 Å². The highest BCUT2D eigenvalue weighted by atomic mass is 19.4. The molecule has 0 saturated heterocycles. The lowest BCUT2D eigenvalue weighted by Crippen LogP contribution is -2.11. The fourth-order valence-electron chi connectivity index (χ4n) is 2.18. The minimum absolute atomic E-state index is 0.0213. The molecule has 3 aromatic rings. The van der Waals surface area contributed by atoms with Crippen LogP contribution in [0, 0.1) is 0 Å². The second-order valence-corrected chi connectivity index (χ2v) is 4.97. The molecule has 0 aliphatic carbocycles. The van der Waals surface area contributed by atoms with E-state index < -0.39 is 17.8 Å². The van der Waals surface area contributed by atoms with Gasteiger partial charge >= 0.3 is 12.3 Å². The summed E-state index contributed by atoms with van der Waals surface area (Å²) in [5.74, 6) is 0.234. The molecule has 8 nitrogen and oxygen atoms in total. The first kappa shape index (κ1) is 16.5. The van der Waals surface area contributed by atoms with E-state index in [1.165, 1.54) is 22.9 Å². The minimum atomic E-state index is -4.42. The van der Waals surface area contributed by atoms with Crippen LogP contribution < -0.4 is 10.6 Å². The van der Waals surface area contributed by atoms with Crippen LogP contribution in [0.1, 0.15) is 11.1 Å². The monoisotopic (exact) mass is 352 g/mol. The van der Waals surface area contributed by atoms with E-state index in [0.717, 1.165) is 12.1 Å². The molecule has 11 heteroatoms. The van der Waals surface area contributed by atoms with Crippen molar-refractivity contribution in [1.82, 2.24) is 19.6 Å². The summed E-state index contributed by atoms with van der Waals surface area (Å²) in [6.07, 6.45) is -2.88. The molecule has 3 N–H and O–H groups in total. The quantitative estimate of drug-likeness (QED) is 0.667. The van der Waals surface area contributed by atoms with E-state index in [1.54, 1.807) is 6.07 Å². The van der Waals surface area contributed by atoms with Crippen LogP contribution in [-0.2, 0) is 12.7 Å². The molecule has 0 fully saturated rings. The third kappa shape index (κ3) is 3.59. The third-order valence-electron chi connectivity index (χ3n) is 3.26. The predicted octanol–water partition coefficient (Wildman–Crippen LogP) is 2.85. The molecule has 2 aromatic heterocycles. The highest BCUT2D eigenvalue weighted by Gasteiger charge is 2.30. The van der Waals surface area contributed by atoms with Crippen molar-refractivity contribution in [2.45, 2.75) is 12.7 Å². The van der Waals surface area contributed by atoms with E-state index in [2.05, 4.69) is 25.8 Å². The molecule has 0 aliphatic rings. The lowest BCUT2D eigenvalue weighted by molar-refractivity contribution is -0.137. The normalized spacial score (nSPS) is 11.5. The number of anilines is 2. The third-order valence-corrected chi connectivity index (χ3v) is 3.26. The summed E-state index contributed by atoms with van der Waals surface area (Å²) in [5, 5.41) is 21.2. The van der Waals surface area contributed by atoms with Gasteiger partial charge in [-0.05, 0) is 17.7 Å². The Morgan fingerprint density at radius 2 is 2.08 bits per heavy atom. The van der Waals surface area contributed by atoms with Gasteiger partial charge in [0, 0.05) is 18.9 Å². The van der Waals surface area contributed by atoms with Crippen molar-refractivity contribution in [2.24, 2.45) is 0 Å². The van der Waals surface area contributed by atoms with Crippen molar-refractivity contribution in [3.05, 3.63) is 47.8 Å². The van der Waals surface area contributed by atoms with E-state index in [-0.39, 0.29) is 24.0 Å². The first-order valence-corrected chi connectivity index (χ1v) is 6.94. The topological polar surface area (TPSA) is 104 Å². The Kier molecular flexibility index (Phi) is 4.13. The second kappa shape index (κ2) is 6.26. The number of carboxylic acid groups (broad SMARTS) is 1. The summed E-state index contributed by atoms with van der Waals surface area (Å²) in [5.41, 5.74) is -0.103. The lowest BCUT2D eigenvalue weighted by Gasteiger charge is -2.10. The van der Waals surface area contributed by atoms with Crippen LogP contribution >= 0.6 is 0 Å². The number of carbonyl (C=O) groups is 1. The van der Waals surface area contributed by atoms with E-state index in [0.29, 0.717) is 5.56 Å². The highest BCUT2D eigenvalue weighted by Crippen LogP contribution is 2.29. The molecule has 3 rings (SSSR count). The van der Waals surface area contributed by atoms with E-state index in [1.807, 2.05) is 0 Å². The van der Waals surface area contributed by atoms with Crippen LogP contribution in [0.2, 0.25) is 0 Å². The number of rotatable bonds is 4. The molecule has 0 atom stereocenters. The van der Waals surface area contributed by atoms with Gasteiger partial charge in [-0.2, -0.15) is 13.2 Å². The van der Waals surface area contributed by atoms with Crippen LogP contribution in [-0.4, -0.2) is 30.8 Å². The molecule has 0 bridgehead atoms. The maximum atomic E-state index is 12.7. The lowest BCUT2D eigenvalue weighted by atomic mass is 10.1. The van der Waals surface area contributed by atoms with Gasteiger partial charge in [0.05, 0.1) is 5.56 Å². The number of hydrogen-bond acceptors (Lipinski definition) is 5. The summed E-state index contributed by atoms with van der Waals surface area (Å²) in [7, 11) is 0. The van der Waals surface area contributed by atoms with Gasteiger partial charge in [0.15, 0.2) is 5.82 Å². The molecule has 130 valence electrons. The molecule has 0 unspecified atom stereocenters. The summed E-state index contributed by atoms with van der Waals surface area (Å²) < 4.78 is 39.6. The largest absolute Gasteiger partial charge is 0.465 e. The van der Waals surface area contributed by atoms with Crippen molar-refractivity contribution in [3.63, 3.8) is 0 Å². The Morgan fingerprint density at radius 1 is 1.28 bits per heavy atom. The number of nitrogens with zero attached hydrogens (tertiary/aromatic N) is 4. The average Bonchev–Trinajstić information content (AvgIpc) is 2.95. The Bertz CT molecular complexity index is 924. The van der Waals surface area contributed by atoms with Crippen LogP contribution in [0.5, 0.6) is 0 Å². The summed E-state index contributed by atoms with van der Waals surface area (Å²) >= 11 is 0. The van der Waals surface area contributed by atoms with E-state index in [9.17, 15) is 18.0 Å². The second-order valence-electron chi connectivity index (χ2n) is 4.97. The van der Waals surface area contributed by atoms with Crippen LogP contribution in [0.4, 0.5) is 29.7 Å². The first-order chi connectivity index (χ1) is 11.8. The van der Waals surface area contributed by atoms with Crippen molar-refractivity contribution >= 4 is 23.5 Å². The highest BCUT2D eigenvalue weighted by molar-refractivity contribution is 5.81. The summed E-state index contributed by atoms with van der Waals surface area (Å²) in [6, 6.07) is 4.89. The van der Waals surface area contributed by atoms with Gasteiger partial charge < -0.3 is 10.4 Å². The van der Waals surface area contributed by atoms with Gasteiger partial charge in [-0.3, -0.25) is 9.72 Å². The maximum absolute atomic E-state index is 12.7. The molecular weight excluding hydrogens is 341 g/mol. The zero-order valence-electron chi connectivity index (χ0n) is 12.4. The maximum Gasteiger partial charge on any atom is 0.416 e. The number of benzene rings is 1. The Morgan fingerprint density at radius 3 is 2.80 bits per heavy atom. The van der Waals surface area contributed by atoms with Crippen molar-refractivity contribution < 1.29 is 23.1 Å². The molecule has 0 saturated carbocycles. The molecular formula is C14H11F3N6O2. The zero-order chi connectivity index (χ0) is 18.0. The van der Waals surface area contributed by atoms with Gasteiger partial charge in [-0.15, -0.1) is 10.2 Å². The SMILES string of the molecule is O=C(O)Nc1nnc2c(NCc3cccc(C(F)(F)F)c3)nccn12. The zero-order valence-corrected chi connectivity index (χ0v) is 12.4. The fourth-order valence-corrected chi connectivity index (χ4v) is 2.18. The Labute approximate surface area is 138 Å². The number of nitrogens with one attached hydrogen (secondary N) is 2. The fraction of sp³-hybridized carbons (Fsp3) is 0.143.